The zero-order valence-electron chi connectivity index (χ0n) is 10.1. The molecule has 15 heavy (non-hydrogen) atoms. The number of hydrogen-bond acceptors (Lipinski definition) is 0. The van der Waals surface area contributed by atoms with Gasteiger partial charge in [0.05, 0.1) is 0 Å². The molecule has 0 saturated carbocycles. The van der Waals surface area contributed by atoms with Gasteiger partial charge in [-0.3, -0.25) is 0 Å². The average Bonchev–Trinajstić information content (AvgIpc) is 2.12. The van der Waals surface area contributed by atoms with Gasteiger partial charge in [0.25, 0.3) is 0 Å². The van der Waals surface area contributed by atoms with Crippen molar-refractivity contribution in [2.24, 2.45) is 0 Å². The molecule has 90 valence electrons. The van der Waals surface area contributed by atoms with E-state index >= 15 is 0 Å². The Hall–Kier alpha value is 0.599. The summed E-state index contributed by atoms with van der Waals surface area (Å²) in [6.45, 7) is 27.1. The van der Waals surface area contributed by atoms with Gasteiger partial charge in [-0.2, -0.15) is 0 Å². The molecule has 0 rings (SSSR count). The van der Waals surface area contributed by atoms with Crippen LogP contribution in [0.1, 0.15) is 0 Å². The van der Waals surface area contributed by atoms with E-state index < -0.39 is 0 Å². The molecule has 0 aromatic carbocycles. The Kier molecular flexibility index (Phi) is 149. The molecule has 0 aliphatic carbocycles. The average molecular weight is 294 g/mol. The van der Waals surface area contributed by atoms with Crippen molar-refractivity contribution in [1.29, 1.82) is 0 Å². The summed E-state index contributed by atoms with van der Waals surface area (Å²) in [5.41, 5.74) is 0. The van der Waals surface area contributed by atoms with Crippen molar-refractivity contribution >= 4 is 15.8 Å². The van der Waals surface area contributed by atoms with E-state index in [9.17, 15) is 0 Å². The first-order valence-corrected chi connectivity index (χ1v) is 9.61. The van der Waals surface area contributed by atoms with Crippen LogP contribution < -0.4 is 0 Å². The minimum Gasteiger partial charge on any atom is 0 e. The Bertz CT molecular complexity index is 96.5. The topological polar surface area (TPSA) is 59.7 Å². The van der Waals surface area contributed by atoms with E-state index in [0.717, 1.165) is 0 Å². The first-order chi connectivity index (χ1) is 6.46. The Labute approximate surface area is 107 Å². The molecule has 0 saturated heterocycles. The molecular formula is C9H20FeO3P2+2. The molecule has 0 fully saturated rings. The summed E-state index contributed by atoms with van der Waals surface area (Å²) in [6, 6.07) is 0. The van der Waals surface area contributed by atoms with Gasteiger partial charge in [0.15, 0.2) is 0 Å². The van der Waals surface area contributed by atoms with Crippen LogP contribution >= 0.6 is 15.8 Å². The van der Waals surface area contributed by atoms with Crippen molar-refractivity contribution < 1.29 is 31.0 Å². The van der Waals surface area contributed by atoms with Gasteiger partial charge in [0.2, 0.25) is 0 Å². The summed E-state index contributed by atoms with van der Waals surface area (Å²) in [5.74, 6) is 0. The van der Waals surface area contributed by atoms with Crippen LogP contribution in [0.5, 0.6) is 0 Å². The van der Waals surface area contributed by atoms with Crippen molar-refractivity contribution in [3.05, 3.63) is 20.0 Å². The van der Waals surface area contributed by atoms with Crippen molar-refractivity contribution in [2.75, 3.05) is 40.0 Å². The van der Waals surface area contributed by atoms with Crippen molar-refractivity contribution in [3.63, 3.8) is 0 Å². The maximum atomic E-state index is 7.50. The number of hydrogen-bond donors (Lipinski definition) is 0. The fourth-order valence-electron chi connectivity index (χ4n) is 0. The molecule has 0 aromatic heterocycles. The van der Waals surface area contributed by atoms with Gasteiger partial charge in [-0.15, -0.1) is 0 Å². The van der Waals surface area contributed by atoms with Crippen LogP contribution in [0.25, 0.3) is 0 Å². The molecular weight excluding hydrogens is 274 g/mol. The summed E-state index contributed by atoms with van der Waals surface area (Å²) in [5, 5.41) is 0. The SMILES string of the molecule is C[PH+](C)C.C[PH+](C)C.[C-]#[O+].[C-]#[O+].[C-]#[O+].[Fe]. The zero-order chi connectivity index (χ0) is 13.2. The summed E-state index contributed by atoms with van der Waals surface area (Å²) >= 11 is 0. The van der Waals surface area contributed by atoms with Crippen LogP contribution in [0.4, 0.5) is 0 Å². The minimum absolute atomic E-state index is 0. The summed E-state index contributed by atoms with van der Waals surface area (Å²) in [7, 11) is 0.241. The normalized spacial score (nSPS) is 5.20. The maximum Gasteiger partial charge on any atom is 0 e. The third-order valence-electron chi connectivity index (χ3n) is 0. The summed E-state index contributed by atoms with van der Waals surface area (Å²) in [4.78, 5) is 0. The molecule has 6 heteroatoms. The van der Waals surface area contributed by atoms with E-state index in [-0.39, 0.29) is 32.9 Å². The number of rotatable bonds is 0. The van der Waals surface area contributed by atoms with E-state index in [2.05, 4.69) is 59.9 Å². The molecule has 0 spiro atoms. The Morgan fingerprint density at radius 1 is 0.533 bits per heavy atom. The second-order valence-electron chi connectivity index (χ2n) is 3.00. The monoisotopic (exact) mass is 294 g/mol. The standard InChI is InChI=1S/2C3H9P.3CO.Fe/c2*1-4(2)3;3*1-2;/h2*1-3H3;;;;/p+2. The molecule has 0 aliphatic rings. The van der Waals surface area contributed by atoms with E-state index in [1.165, 1.54) is 0 Å². The second-order valence-corrected chi connectivity index (χ2v) is 9.00. The van der Waals surface area contributed by atoms with E-state index in [4.69, 9.17) is 14.0 Å². The molecule has 0 heterocycles. The molecule has 0 aliphatic heterocycles. The molecule has 0 amide bonds. The summed E-state index contributed by atoms with van der Waals surface area (Å²) < 4.78 is 22.5. The Morgan fingerprint density at radius 2 is 0.533 bits per heavy atom. The molecule has 0 radical (unpaired) electrons. The fraction of sp³-hybridized carbons (Fsp3) is 0.667. The first kappa shape index (κ1) is 36.1. The first-order valence-electron chi connectivity index (χ1n) is 3.61. The van der Waals surface area contributed by atoms with Crippen LogP contribution in [0.3, 0.4) is 0 Å². The van der Waals surface area contributed by atoms with E-state index in [0.29, 0.717) is 0 Å². The smallest absolute Gasteiger partial charge is 0 e. The largest absolute Gasteiger partial charge is 0 e. The van der Waals surface area contributed by atoms with Crippen LogP contribution in [0.15, 0.2) is 0 Å². The molecule has 0 unspecified atom stereocenters. The van der Waals surface area contributed by atoms with Gasteiger partial charge in [0.1, 0.15) is 0 Å². The summed E-state index contributed by atoms with van der Waals surface area (Å²) in [6.07, 6.45) is 0. The minimum atomic E-state index is 0. The molecule has 0 atom stereocenters. The van der Waals surface area contributed by atoms with Gasteiger partial charge >= 0.3 is 33.9 Å². The predicted octanol–water partition coefficient (Wildman–Crippen LogP) is 2.06. The van der Waals surface area contributed by atoms with Crippen LogP contribution in [0.2, 0.25) is 0 Å². The Balaban J connectivity index is -0.0000000175. The predicted molar refractivity (Wildman–Crippen MR) is 64.0 cm³/mol. The second kappa shape index (κ2) is 62.0. The van der Waals surface area contributed by atoms with E-state index in [1.54, 1.807) is 0 Å². The third-order valence-corrected chi connectivity index (χ3v) is 0. The van der Waals surface area contributed by atoms with Crippen molar-refractivity contribution in [3.8, 4) is 0 Å². The van der Waals surface area contributed by atoms with Crippen molar-refractivity contribution in [2.45, 2.75) is 0 Å². The van der Waals surface area contributed by atoms with Gasteiger partial charge in [-0.1, -0.05) is 0 Å². The fourth-order valence-corrected chi connectivity index (χ4v) is 0. The zero-order valence-corrected chi connectivity index (χ0v) is 13.2. The van der Waals surface area contributed by atoms with Crippen LogP contribution in [-0.4, -0.2) is 40.0 Å². The Morgan fingerprint density at radius 3 is 0.533 bits per heavy atom. The van der Waals surface area contributed by atoms with Crippen LogP contribution in [-0.2, 0) is 31.0 Å². The van der Waals surface area contributed by atoms with Gasteiger partial charge in [-0.25, -0.2) is 0 Å². The van der Waals surface area contributed by atoms with Gasteiger partial charge < -0.3 is 0 Å². The molecule has 0 N–H and O–H groups in total. The molecule has 3 nitrogen and oxygen atoms in total. The van der Waals surface area contributed by atoms with Crippen molar-refractivity contribution in [1.82, 2.24) is 0 Å². The van der Waals surface area contributed by atoms with Gasteiger partial charge in [0, 0.05) is 57.1 Å². The van der Waals surface area contributed by atoms with Gasteiger partial charge in [-0.05, 0) is 15.8 Å². The molecule has 0 aromatic rings. The van der Waals surface area contributed by atoms with Crippen LogP contribution in [0, 0.1) is 20.0 Å². The third kappa shape index (κ3) is 6450. The van der Waals surface area contributed by atoms with E-state index in [1.807, 2.05) is 0 Å². The quantitative estimate of drug-likeness (QED) is 0.284. The maximum absolute atomic E-state index is 7.50. The molecule has 0 bridgehead atoms.